The fraction of sp³-hybridized carbons (Fsp3) is 0.0526. The van der Waals surface area contributed by atoms with Gasteiger partial charge in [-0.1, -0.05) is 24.1 Å². The van der Waals surface area contributed by atoms with Crippen LogP contribution >= 0.6 is 0 Å². The lowest BCUT2D eigenvalue weighted by atomic mass is 10.1. The highest BCUT2D eigenvalue weighted by atomic mass is 16.2. The molecule has 1 aromatic carbocycles. The number of carbonyl (C=O) groups is 2. The highest BCUT2D eigenvalue weighted by Gasteiger charge is 2.17. The van der Waals surface area contributed by atoms with Gasteiger partial charge in [0, 0.05) is 12.4 Å². The van der Waals surface area contributed by atoms with Gasteiger partial charge in [0.05, 0.1) is 17.8 Å². The van der Waals surface area contributed by atoms with Crippen LogP contribution in [0.25, 0.3) is 5.65 Å². The number of nitrogens with zero attached hydrogens (tertiary/aromatic N) is 2. The Hall–Kier alpha value is -3.92. The molecule has 128 valence electrons. The summed E-state index contributed by atoms with van der Waals surface area (Å²) in [5.74, 6) is 1.23. The minimum Gasteiger partial charge on any atom is -0.341 e. The van der Waals surface area contributed by atoms with Crippen LogP contribution in [0, 0.1) is 12.3 Å². The molecule has 0 aliphatic rings. The fourth-order valence-corrected chi connectivity index (χ4v) is 2.39. The molecule has 2 aromatic heterocycles. The van der Waals surface area contributed by atoms with Gasteiger partial charge in [-0.3, -0.25) is 18.8 Å². The van der Waals surface area contributed by atoms with Crippen molar-refractivity contribution in [3.63, 3.8) is 0 Å². The van der Waals surface area contributed by atoms with E-state index in [9.17, 15) is 14.4 Å². The van der Waals surface area contributed by atoms with E-state index in [2.05, 4.69) is 21.5 Å². The second kappa shape index (κ2) is 7.32. The number of amides is 2. The summed E-state index contributed by atoms with van der Waals surface area (Å²) in [5.41, 5.74) is 0.313. The van der Waals surface area contributed by atoms with E-state index >= 15 is 0 Å². The highest BCUT2D eigenvalue weighted by molar-refractivity contribution is 6.08. The molecular formula is C19H14N4O3. The molecule has 0 saturated heterocycles. The molecule has 0 atom stereocenters. The molecule has 0 fully saturated rings. The van der Waals surface area contributed by atoms with Gasteiger partial charge >= 0.3 is 0 Å². The lowest BCUT2D eigenvalue weighted by molar-refractivity contribution is 0.0959. The summed E-state index contributed by atoms with van der Waals surface area (Å²) >= 11 is 0. The molecule has 0 bridgehead atoms. The molecule has 3 rings (SSSR count). The monoisotopic (exact) mass is 346 g/mol. The maximum absolute atomic E-state index is 12.5. The number of aromatic nitrogens is 2. The van der Waals surface area contributed by atoms with E-state index < -0.39 is 17.4 Å². The van der Waals surface area contributed by atoms with Crippen LogP contribution < -0.4 is 16.2 Å². The van der Waals surface area contributed by atoms with E-state index in [4.69, 9.17) is 6.42 Å². The minimum absolute atomic E-state index is 0.0665. The maximum Gasteiger partial charge on any atom is 0.270 e. The second-order valence-electron chi connectivity index (χ2n) is 5.29. The third-order valence-electron chi connectivity index (χ3n) is 3.63. The van der Waals surface area contributed by atoms with Crippen molar-refractivity contribution in [2.24, 2.45) is 0 Å². The Kier molecular flexibility index (Phi) is 4.76. The van der Waals surface area contributed by atoms with Crippen LogP contribution in [0.15, 0.2) is 59.7 Å². The normalized spacial score (nSPS) is 10.1. The summed E-state index contributed by atoms with van der Waals surface area (Å²) in [6.07, 6.45) is 7.88. The standard InChI is InChI=1S/C19H14N4O3/c1-2-10-20-17(24)13-7-3-4-8-15(13)22-18(25)14-12-21-16-9-5-6-11-23(16)19(14)26/h1,3-9,11-12H,10H2,(H,20,24)(H,22,25). The molecule has 0 radical (unpaired) electrons. The quantitative estimate of drug-likeness (QED) is 0.697. The zero-order valence-corrected chi connectivity index (χ0v) is 13.6. The molecule has 2 N–H and O–H groups in total. The van der Waals surface area contributed by atoms with Gasteiger partial charge in [0.2, 0.25) is 0 Å². The van der Waals surface area contributed by atoms with Crippen LogP contribution in [0.5, 0.6) is 0 Å². The summed E-state index contributed by atoms with van der Waals surface area (Å²) in [5, 5.41) is 5.12. The number of pyridine rings is 1. The van der Waals surface area contributed by atoms with Crippen molar-refractivity contribution in [3.05, 3.63) is 76.3 Å². The Bertz CT molecular complexity index is 1100. The third kappa shape index (κ3) is 3.30. The number of anilines is 1. The van der Waals surface area contributed by atoms with Crippen molar-refractivity contribution in [3.8, 4) is 12.3 Å². The summed E-state index contributed by atoms with van der Waals surface area (Å²) in [6, 6.07) is 11.5. The molecule has 7 heteroatoms. The van der Waals surface area contributed by atoms with Gasteiger partial charge in [0.15, 0.2) is 0 Å². The molecule has 26 heavy (non-hydrogen) atoms. The molecule has 0 spiro atoms. The van der Waals surface area contributed by atoms with Crippen molar-refractivity contribution < 1.29 is 9.59 Å². The fourth-order valence-electron chi connectivity index (χ4n) is 2.39. The van der Waals surface area contributed by atoms with Crippen molar-refractivity contribution in [1.29, 1.82) is 0 Å². The SMILES string of the molecule is C#CCNC(=O)c1ccccc1NC(=O)c1cnc2ccccn2c1=O. The average Bonchev–Trinajstić information content (AvgIpc) is 2.67. The van der Waals surface area contributed by atoms with E-state index in [0.29, 0.717) is 5.65 Å². The Morgan fingerprint density at radius 1 is 1.08 bits per heavy atom. The van der Waals surface area contributed by atoms with E-state index in [0.717, 1.165) is 0 Å². The molecule has 0 unspecified atom stereocenters. The van der Waals surface area contributed by atoms with Crippen LogP contribution in [-0.2, 0) is 0 Å². The van der Waals surface area contributed by atoms with E-state index in [1.165, 1.54) is 16.8 Å². The second-order valence-corrected chi connectivity index (χ2v) is 5.29. The van der Waals surface area contributed by atoms with Crippen LogP contribution in [-0.4, -0.2) is 27.7 Å². The minimum atomic E-state index is -0.655. The Morgan fingerprint density at radius 3 is 2.65 bits per heavy atom. The number of hydrogen-bond donors (Lipinski definition) is 2. The number of terminal acetylenes is 1. The van der Waals surface area contributed by atoms with Crippen molar-refractivity contribution in [2.45, 2.75) is 0 Å². The number of rotatable bonds is 4. The van der Waals surface area contributed by atoms with Crippen molar-refractivity contribution >= 4 is 23.1 Å². The van der Waals surface area contributed by atoms with Gasteiger partial charge < -0.3 is 10.6 Å². The first kappa shape index (κ1) is 16.9. The van der Waals surface area contributed by atoms with Gasteiger partial charge in [-0.15, -0.1) is 6.42 Å². The molecule has 3 aromatic rings. The lowest BCUT2D eigenvalue weighted by Crippen LogP contribution is -2.28. The van der Waals surface area contributed by atoms with E-state index in [-0.39, 0.29) is 23.4 Å². The summed E-state index contributed by atoms with van der Waals surface area (Å²) in [7, 11) is 0. The van der Waals surface area contributed by atoms with Gasteiger partial charge in [-0.25, -0.2) is 4.98 Å². The van der Waals surface area contributed by atoms with Crippen molar-refractivity contribution in [1.82, 2.24) is 14.7 Å². The van der Waals surface area contributed by atoms with Gasteiger partial charge in [-0.2, -0.15) is 0 Å². The first-order chi connectivity index (χ1) is 12.6. The Morgan fingerprint density at radius 2 is 1.85 bits per heavy atom. The predicted molar refractivity (Wildman–Crippen MR) is 97.0 cm³/mol. The van der Waals surface area contributed by atoms with Crippen LogP contribution in [0.3, 0.4) is 0 Å². The number of carbonyl (C=O) groups excluding carboxylic acids is 2. The predicted octanol–water partition coefficient (Wildman–Crippen LogP) is 1.31. The maximum atomic E-state index is 12.5. The van der Waals surface area contributed by atoms with Crippen LogP contribution in [0.1, 0.15) is 20.7 Å². The summed E-state index contributed by atoms with van der Waals surface area (Å²) in [6.45, 7) is 0.0665. The third-order valence-corrected chi connectivity index (χ3v) is 3.63. The molecule has 0 aliphatic heterocycles. The van der Waals surface area contributed by atoms with Crippen molar-refractivity contribution in [2.75, 3.05) is 11.9 Å². The van der Waals surface area contributed by atoms with E-state index in [1.807, 2.05) is 0 Å². The number of fused-ring (bicyclic) bond motifs is 1. The Labute approximate surface area is 148 Å². The number of nitrogens with one attached hydrogen (secondary N) is 2. The number of benzene rings is 1. The molecule has 2 heterocycles. The zero-order chi connectivity index (χ0) is 18.5. The Balaban J connectivity index is 1.92. The average molecular weight is 346 g/mol. The molecule has 0 aliphatic carbocycles. The highest BCUT2D eigenvalue weighted by Crippen LogP contribution is 2.15. The van der Waals surface area contributed by atoms with Crippen LogP contribution in [0.2, 0.25) is 0 Å². The molecule has 7 nitrogen and oxygen atoms in total. The van der Waals surface area contributed by atoms with E-state index in [1.54, 1.807) is 42.5 Å². The largest absolute Gasteiger partial charge is 0.341 e. The summed E-state index contributed by atoms with van der Waals surface area (Å²) in [4.78, 5) is 41.3. The smallest absolute Gasteiger partial charge is 0.270 e. The molecular weight excluding hydrogens is 332 g/mol. The molecule has 0 saturated carbocycles. The lowest BCUT2D eigenvalue weighted by Gasteiger charge is -2.10. The van der Waals surface area contributed by atoms with Gasteiger partial charge in [-0.05, 0) is 24.3 Å². The zero-order valence-electron chi connectivity index (χ0n) is 13.6. The first-order valence-electron chi connectivity index (χ1n) is 7.70. The van der Waals surface area contributed by atoms with Gasteiger partial charge in [0.1, 0.15) is 11.2 Å². The van der Waals surface area contributed by atoms with Crippen LogP contribution in [0.4, 0.5) is 5.69 Å². The first-order valence-corrected chi connectivity index (χ1v) is 7.70. The summed E-state index contributed by atoms with van der Waals surface area (Å²) < 4.78 is 1.28. The number of para-hydroxylation sites is 1. The molecule has 2 amide bonds. The number of hydrogen-bond acceptors (Lipinski definition) is 4. The topological polar surface area (TPSA) is 92.6 Å². The van der Waals surface area contributed by atoms with Gasteiger partial charge in [0.25, 0.3) is 17.4 Å².